The summed E-state index contributed by atoms with van der Waals surface area (Å²) in [6.45, 7) is 12.0. The number of esters is 1. The Labute approximate surface area is 208 Å². The summed E-state index contributed by atoms with van der Waals surface area (Å²) in [6.07, 6.45) is 5.60. The van der Waals surface area contributed by atoms with Crippen LogP contribution in [0.3, 0.4) is 0 Å². The van der Waals surface area contributed by atoms with E-state index < -0.39 is 25.6 Å². The molecule has 0 aromatic heterocycles. The van der Waals surface area contributed by atoms with Crippen molar-refractivity contribution in [2.75, 3.05) is 5.32 Å². The smallest absolute Gasteiger partial charge is 0.315 e. The van der Waals surface area contributed by atoms with Gasteiger partial charge in [-0.3, -0.25) is 9.59 Å². The van der Waals surface area contributed by atoms with Crippen molar-refractivity contribution < 1.29 is 14.3 Å². The molecule has 0 atom stereocenters. The second-order valence-corrected chi connectivity index (χ2v) is 15.0. The fraction of sp³-hybridized carbons (Fsp3) is 0.276. The predicted molar refractivity (Wildman–Crippen MR) is 145 cm³/mol. The van der Waals surface area contributed by atoms with E-state index >= 15 is 0 Å². The van der Waals surface area contributed by atoms with E-state index in [-0.39, 0.29) is 6.42 Å². The summed E-state index contributed by atoms with van der Waals surface area (Å²) in [5, 5.41) is 13.6. The molecule has 0 unspecified atom stereocenters. The van der Waals surface area contributed by atoms with Gasteiger partial charge < -0.3 is 15.5 Å². The molecule has 1 amide bonds. The number of benzene rings is 2. The number of carbonyl (C=O) groups excluding carboxylic acids is 2. The Hall–Kier alpha value is -3.51. The van der Waals surface area contributed by atoms with E-state index in [4.69, 9.17) is 10.1 Å². The number of hydrogen-bond donors (Lipinski definition) is 2. The van der Waals surface area contributed by atoms with Gasteiger partial charge in [0, 0.05) is 5.69 Å². The van der Waals surface area contributed by atoms with Crippen LogP contribution in [0.25, 0.3) is 5.57 Å². The molecular weight excluding hydrogens is 452 g/mol. The molecule has 0 saturated heterocycles. The van der Waals surface area contributed by atoms with E-state index in [9.17, 15) is 9.59 Å². The summed E-state index contributed by atoms with van der Waals surface area (Å²) >= 11 is 0. The average Bonchev–Trinajstić information content (AvgIpc) is 2.74. The van der Waals surface area contributed by atoms with E-state index in [1.54, 1.807) is 20.8 Å². The highest BCUT2D eigenvalue weighted by atomic mass is 28.3. The lowest BCUT2D eigenvalue weighted by atomic mass is 9.87. The van der Waals surface area contributed by atoms with Crippen molar-refractivity contribution in [1.29, 1.82) is 5.41 Å². The van der Waals surface area contributed by atoms with Crippen LogP contribution in [-0.2, 0) is 14.3 Å². The molecule has 5 nitrogen and oxygen atoms in total. The van der Waals surface area contributed by atoms with Crippen LogP contribution in [-0.4, -0.2) is 31.3 Å². The summed E-state index contributed by atoms with van der Waals surface area (Å²) in [6, 6.07) is 14.4. The van der Waals surface area contributed by atoms with E-state index in [0.717, 1.165) is 11.1 Å². The first-order valence-electron chi connectivity index (χ1n) is 11.8. The van der Waals surface area contributed by atoms with Gasteiger partial charge in [-0.25, -0.2) is 0 Å². The van der Waals surface area contributed by atoms with Gasteiger partial charge in [0.2, 0.25) is 5.91 Å². The molecule has 4 rings (SSSR count). The van der Waals surface area contributed by atoms with E-state index in [2.05, 4.69) is 55.7 Å². The quantitative estimate of drug-likeness (QED) is 0.344. The first kappa shape index (κ1) is 24.6. The molecule has 6 heteroatoms. The normalized spacial score (nSPS) is 16.3. The van der Waals surface area contributed by atoms with Crippen molar-refractivity contribution >= 4 is 42.1 Å². The van der Waals surface area contributed by atoms with Crippen LogP contribution in [0.5, 0.6) is 0 Å². The molecule has 0 bridgehead atoms. The lowest BCUT2D eigenvalue weighted by Gasteiger charge is -2.38. The molecule has 2 N–H and O–H groups in total. The van der Waals surface area contributed by atoms with Gasteiger partial charge >= 0.3 is 5.97 Å². The number of amides is 1. The van der Waals surface area contributed by atoms with Crippen LogP contribution < -0.4 is 10.5 Å². The fourth-order valence-electron chi connectivity index (χ4n) is 4.78. The van der Waals surface area contributed by atoms with Gasteiger partial charge in [0.1, 0.15) is 20.1 Å². The lowest BCUT2D eigenvalue weighted by molar-refractivity contribution is -0.155. The number of aryl methyl sites for hydroxylation is 1. The number of carbonyl (C=O) groups is 2. The minimum Gasteiger partial charge on any atom is -0.460 e. The van der Waals surface area contributed by atoms with Crippen LogP contribution in [0.2, 0.25) is 13.1 Å². The summed E-state index contributed by atoms with van der Waals surface area (Å²) in [7, 11) is -2.19. The summed E-state index contributed by atoms with van der Waals surface area (Å²) in [5.41, 5.74) is 6.37. The standard InChI is InChI=1S/C29H32N2O3Si/c1-18-9-7-8-10-21(18)28-22-13-11-19(30)15-24(22)35(5,6)25-16-20(12-14-23(25)28)31-26(32)17-27(33)34-29(2,3)4/h7-16,30H,17H2,1-6H3,(H,31,32). The second kappa shape index (κ2) is 8.93. The Bertz CT molecular complexity index is 1340. The average molecular weight is 485 g/mol. The molecule has 1 heterocycles. The van der Waals surface area contributed by atoms with Crippen LogP contribution >= 0.6 is 0 Å². The van der Waals surface area contributed by atoms with Gasteiger partial charge in [-0.05, 0) is 90.2 Å². The number of allylic oxidation sites excluding steroid dienone is 5. The van der Waals surface area contributed by atoms with Crippen LogP contribution in [0, 0.1) is 12.3 Å². The van der Waals surface area contributed by atoms with Crippen LogP contribution in [0.4, 0.5) is 5.69 Å². The number of nitrogens with one attached hydrogen (secondary N) is 2. The zero-order chi connectivity index (χ0) is 25.5. The maximum absolute atomic E-state index is 12.6. The second-order valence-electron chi connectivity index (χ2n) is 10.6. The molecule has 2 aliphatic rings. The fourth-order valence-corrected chi connectivity index (χ4v) is 7.87. The Morgan fingerprint density at radius 3 is 2.43 bits per heavy atom. The highest BCUT2D eigenvalue weighted by Gasteiger charge is 2.39. The van der Waals surface area contributed by atoms with Crippen molar-refractivity contribution in [3.63, 3.8) is 0 Å². The van der Waals surface area contributed by atoms with Gasteiger partial charge in [-0.1, -0.05) is 49.5 Å². The molecule has 35 heavy (non-hydrogen) atoms. The third kappa shape index (κ3) is 4.98. The zero-order valence-corrected chi connectivity index (χ0v) is 22.2. The molecule has 2 aromatic carbocycles. The van der Waals surface area contributed by atoms with Gasteiger partial charge in [0.25, 0.3) is 0 Å². The summed E-state index contributed by atoms with van der Waals surface area (Å²) in [4.78, 5) is 24.7. The van der Waals surface area contributed by atoms with Crippen molar-refractivity contribution in [3.8, 4) is 0 Å². The van der Waals surface area contributed by atoms with Crippen LogP contribution in [0.15, 0.2) is 71.5 Å². The Balaban J connectivity index is 1.77. The van der Waals surface area contributed by atoms with Crippen molar-refractivity contribution in [2.45, 2.75) is 52.8 Å². The van der Waals surface area contributed by atoms with Gasteiger partial charge in [-0.2, -0.15) is 0 Å². The maximum atomic E-state index is 12.6. The first-order valence-corrected chi connectivity index (χ1v) is 14.8. The van der Waals surface area contributed by atoms with E-state index in [1.165, 1.54) is 27.1 Å². The third-order valence-corrected chi connectivity index (χ3v) is 9.87. The van der Waals surface area contributed by atoms with Crippen LogP contribution in [0.1, 0.15) is 43.9 Å². The molecule has 1 aliphatic carbocycles. The van der Waals surface area contributed by atoms with Crippen molar-refractivity contribution in [2.24, 2.45) is 0 Å². The van der Waals surface area contributed by atoms with Gasteiger partial charge in [0.15, 0.2) is 0 Å². The minimum absolute atomic E-state index is 0.333. The maximum Gasteiger partial charge on any atom is 0.315 e. The highest BCUT2D eigenvalue weighted by Crippen LogP contribution is 2.42. The van der Waals surface area contributed by atoms with E-state index in [0.29, 0.717) is 11.4 Å². The number of hydrogen-bond acceptors (Lipinski definition) is 4. The molecule has 0 saturated carbocycles. The molecule has 1 aliphatic heterocycles. The van der Waals surface area contributed by atoms with Gasteiger partial charge in [-0.15, -0.1) is 0 Å². The molecule has 180 valence electrons. The zero-order valence-electron chi connectivity index (χ0n) is 21.2. The summed E-state index contributed by atoms with van der Waals surface area (Å²) in [5.74, 6) is -0.943. The SMILES string of the molecule is Cc1ccccc1C1=C2C=CC(=N)C=C2[Si](C)(C)c2cc(NC(=O)CC(=O)OC(C)(C)C)ccc21. The lowest BCUT2D eigenvalue weighted by Crippen LogP contribution is -2.49. The minimum atomic E-state index is -2.19. The van der Waals surface area contributed by atoms with Crippen molar-refractivity contribution in [3.05, 3.63) is 88.2 Å². The van der Waals surface area contributed by atoms with Crippen molar-refractivity contribution in [1.82, 2.24) is 0 Å². The monoisotopic (exact) mass is 484 g/mol. The Morgan fingerprint density at radius 2 is 1.74 bits per heavy atom. The number of anilines is 1. The number of fused-ring (bicyclic) bond motifs is 2. The Morgan fingerprint density at radius 1 is 1.03 bits per heavy atom. The molecular formula is C29H32N2O3Si. The third-order valence-electron chi connectivity index (χ3n) is 6.35. The number of rotatable bonds is 4. The van der Waals surface area contributed by atoms with Gasteiger partial charge in [0.05, 0.1) is 5.71 Å². The summed E-state index contributed by atoms with van der Waals surface area (Å²) < 4.78 is 5.28. The topological polar surface area (TPSA) is 79.3 Å². The largest absolute Gasteiger partial charge is 0.460 e. The Kier molecular flexibility index (Phi) is 6.28. The molecule has 0 radical (unpaired) electrons. The molecule has 0 spiro atoms. The number of ether oxygens (including phenoxy) is 1. The highest BCUT2D eigenvalue weighted by molar-refractivity contribution is 6.98. The van der Waals surface area contributed by atoms with E-state index in [1.807, 2.05) is 30.4 Å². The molecule has 0 fully saturated rings. The predicted octanol–water partition coefficient (Wildman–Crippen LogP) is 5.45. The molecule has 2 aromatic rings. The first-order chi connectivity index (χ1) is 16.4.